The van der Waals surface area contributed by atoms with Crippen LogP contribution in [0.15, 0.2) is 28.6 Å². The molecule has 0 aliphatic heterocycles. The Balaban J connectivity index is 2.76. The van der Waals surface area contributed by atoms with Gasteiger partial charge in [0.25, 0.3) is 0 Å². The molecule has 0 N–H and O–H groups in total. The molecule has 0 amide bonds. The fourth-order valence-corrected chi connectivity index (χ4v) is 2.03. The zero-order valence-corrected chi connectivity index (χ0v) is 8.24. The van der Waals surface area contributed by atoms with Crippen LogP contribution >= 0.6 is 27.3 Å². The van der Waals surface area contributed by atoms with Crippen molar-refractivity contribution in [3.63, 3.8) is 0 Å². The van der Waals surface area contributed by atoms with Crippen molar-refractivity contribution < 1.29 is 4.79 Å². The maximum Gasteiger partial charge on any atom is 0.176 e. The lowest BCUT2D eigenvalue weighted by molar-refractivity contribution is 0.1000. The maximum atomic E-state index is 11.2. The Hall–Kier alpha value is -0.410. The molecule has 0 unspecified atom stereocenters. The van der Waals surface area contributed by atoms with Gasteiger partial charge in [0.1, 0.15) is 0 Å². The monoisotopic (exact) mass is 230 g/mol. The predicted octanol–water partition coefficient (Wildman–Crippen LogP) is 3.27. The largest absolute Gasteiger partial charge is 0.293 e. The molecule has 0 bridgehead atoms. The van der Waals surface area contributed by atoms with Crippen molar-refractivity contribution >= 4 is 33.0 Å². The SMILES string of the molecule is C=CCC(=O)c1ccc(Br)s1. The van der Waals surface area contributed by atoms with Gasteiger partial charge >= 0.3 is 0 Å². The fourth-order valence-electron chi connectivity index (χ4n) is 0.696. The quantitative estimate of drug-likeness (QED) is 0.576. The molecule has 1 rings (SSSR count). The number of allylic oxidation sites excluding steroid dienone is 1. The van der Waals surface area contributed by atoms with Gasteiger partial charge in [0.15, 0.2) is 5.78 Å². The van der Waals surface area contributed by atoms with E-state index in [2.05, 4.69) is 22.5 Å². The van der Waals surface area contributed by atoms with Crippen molar-refractivity contribution in [1.29, 1.82) is 0 Å². The minimum absolute atomic E-state index is 0.135. The van der Waals surface area contributed by atoms with Crippen LogP contribution in [0.4, 0.5) is 0 Å². The van der Waals surface area contributed by atoms with E-state index in [9.17, 15) is 4.79 Å². The Morgan fingerprint density at radius 3 is 2.91 bits per heavy atom. The molecule has 0 saturated heterocycles. The van der Waals surface area contributed by atoms with Crippen LogP contribution in [-0.4, -0.2) is 5.78 Å². The summed E-state index contributed by atoms with van der Waals surface area (Å²) < 4.78 is 0.991. The first-order valence-electron chi connectivity index (χ1n) is 3.13. The fraction of sp³-hybridized carbons (Fsp3) is 0.125. The Bertz CT molecular complexity index is 277. The summed E-state index contributed by atoms with van der Waals surface area (Å²) in [5, 5.41) is 0. The molecule has 58 valence electrons. The molecular weight excluding hydrogens is 224 g/mol. The van der Waals surface area contributed by atoms with Gasteiger partial charge in [-0.25, -0.2) is 0 Å². The molecular formula is C8H7BrOS. The number of Topliss-reactive ketones (excluding diaryl/α,β-unsaturated/α-hetero) is 1. The zero-order chi connectivity index (χ0) is 8.27. The normalized spacial score (nSPS) is 9.55. The number of thiophene rings is 1. The average molecular weight is 231 g/mol. The standard InChI is InChI=1S/C8H7BrOS/c1-2-3-6(10)7-4-5-8(9)11-7/h2,4-5H,1,3H2. The van der Waals surface area contributed by atoms with E-state index in [4.69, 9.17) is 0 Å². The molecule has 11 heavy (non-hydrogen) atoms. The highest BCUT2D eigenvalue weighted by Crippen LogP contribution is 2.22. The van der Waals surface area contributed by atoms with Crippen LogP contribution in [0.3, 0.4) is 0 Å². The number of hydrogen-bond donors (Lipinski definition) is 0. The first kappa shape index (κ1) is 8.68. The smallest absolute Gasteiger partial charge is 0.176 e. The molecule has 3 heteroatoms. The van der Waals surface area contributed by atoms with E-state index in [-0.39, 0.29) is 5.78 Å². The third-order valence-electron chi connectivity index (χ3n) is 1.18. The lowest BCUT2D eigenvalue weighted by Gasteiger charge is -1.88. The molecule has 0 aromatic carbocycles. The summed E-state index contributed by atoms with van der Waals surface area (Å²) in [5.41, 5.74) is 0. The van der Waals surface area contributed by atoms with Crippen LogP contribution in [0.1, 0.15) is 16.1 Å². The number of carbonyl (C=O) groups is 1. The first-order valence-corrected chi connectivity index (χ1v) is 4.74. The highest BCUT2D eigenvalue weighted by molar-refractivity contribution is 9.11. The summed E-state index contributed by atoms with van der Waals surface area (Å²) >= 11 is 4.75. The van der Waals surface area contributed by atoms with E-state index in [1.807, 2.05) is 12.1 Å². The van der Waals surface area contributed by atoms with Crippen molar-refractivity contribution in [3.8, 4) is 0 Å². The highest BCUT2D eigenvalue weighted by Gasteiger charge is 2.05. The van der Waals surface area contributed by atoms with Crippen LogP contribution in [0.5, 0.6) is 0 Å². The van der Waals surface area contributed by atoms with Gasteiger partial charge in [-0.1, -0.05) is 6.08 Å². The topological polar surface area (TPSA) is 17.1 Å². The highest BCUT2D eigenvalue weighted by atomic mass is 79.9. The number of ketones is 1. The van der Waals surface area contributed by atoms with Gasteiger partial charge in [0, 0.05) is 6.42 Å². The lowest BCUT2D eigenvalue weighted by atomic mass is 10.2. The van der Waals surface area contributed by atoms with Gasteiger partial charge in [-0.3, -0.25) is 4.79 Å². The van der Waals surface area contributed by atoms with Crippen molar-refractivity contribution in [3.05, 3.63) is 33.5 Å². The molecule has 0 saturated carbocycles. The summed E-state index contributed by atoms with van der Waals surface area (Å²) in [6.45, 7) is 3.51. The van der Waals surface area contributed by atoms with E-state index < -0.39 is 0 Å². The summed E-state index contributed by atoms with van der Waals surface area (Å²) in [7, 11) is 0. The molecule has 1 aromatic heterocycles. The second-order valence-corrected chi connectivity index (χ2v) is 4.48. The molecule has 1 heterocycles. The van der Waals surface area contributed by atoms with Gasteiger partial charge < -0.3 is 0 Å². The Morgan fingerprint density at radius 1 is 1.73 bits per heavy atom. The molecule has 1 nitrogen and oxygen atoms in total. The summed E-state index contributed by atoms with van der Waals surface area (Å²) in [5.74, 6) is 0.135. The van der Waals surface area contributed by atoms with Crippen molar-refractivity contribution in [2.75, 3.05) is 0 Å². The Morgan fingerprint density at radius 2 is 2.45 bits per heavy atom. The second-order valence-electron chi connectivity index (χ2n) is 2.02. The van der Waals surface area contributed by atoms with Crippen LogP contribution in [0.2, 0.25) is 0 Å². The second kappa shape index (κ2) is 3.83. The maximum absolute atomic E-state index is 11.2. The summed E-state index contributed by atoms with van der Waals surface area (Å²) in [4.78, 5) is 12.0. The number of carbonyl (C=O) groups excluding carboxylic acids is 1. The molecule has 0 fully saturated rings. The molecule has 0 spiro atoms. The van der Waals surface area contributed by atoms with Crippen molar-refractivity contribution in [2.45, 2.75) is 6.42 Å². The van der Waals surface area contributed by atoms with Crippen LogP contribution in [-0.2, 0) is 0 Å². The molecule has 0 aliphatic carbocycles. The van der Waals surface area contributed by atoms with Crippen molar-refractivity contribution in [1.82, 2.24) is 0 Å². The molecule has 1 aromatic rings. The van der Waals surface area contributed by atoms with Gasteiger partial charge in [0.2, 0.25) is 0 Å². The Labute approximate surface area is 77.9 Å². The van der Waals surface area contributed by atoms with E-state index in [1.54, 1.807) is 6.08 Å². The minimum Gasteiger partial charge on any atom is -0.293 e. The summed E-state index contributed by atoms with van der Waals surface area (Å²) in [6, 6.07) is 3.70. The van der Waals surface area contributed by atoms with Crippen molar-refractivity contribution in [2.24, 2.45) is 0 Å². The summed E-state index contributed by atoms with van der Waals surface area (Å²) in [6.07, 6.45) is 2.04. The van der Waals surface area contributed by atoms with Crippen LogP contribution < -0.4 is 0 Å². The lowest BCUT2D eigenvalue weighted by Crippen LogP contribution is -1.91. The van der Waals surface area contributed by atoms with E-state index >= 15 is 0 Å². The van der Waals surface area contributed by atoms with E-state index in [1.165, 1.54) is 11.3 Å². The number of rotatable bonds is 3. The number of hydrogen-bond acceptors (Lipinski definition) is 2. The molecule has 0 aliphatic rings. The van der Waals surface area contributed by atoms with Crippen LogP contribution in [0, 0.1) is 0 Å². The average Bonchev–Trinajstić information content (AvgIpc) is 2.36. The third-order valence-corrected chi connectivity index (χ3v) is 2.84. The zero-order valence-electron chi connectivity index (χ0n) is 5.84. The predicted molar refractivity (Wildman–Crippen MR) is 51.2 cm³/mol. The minimum atomic E-state index is 0.135. The van der Waals surface area contributed by atoms with E-state index in [0.29, 0.717) is 6.42 Å². The van der Waals surface area contributed by atoms with Gasteiger partial charge in [-0.05, 0) is 28.1 Å². The van der Waals surface area contributed by atoms with Crippen LogP contribution in [0.25, 0.3) is 0 Å². The Kier molecular flexibility index (Phi) is 3.02. The number of halogens is 1. The van der Waals surface area contributed by atoms with Gasteiger partial charge in [0.05, 0.1) is 8.66 Å². The molecule has 0 radical (unpaired) electrons. The van der Waals surface area contributed by atoms with Gasteiger partial charge in [-0.2, -0.15) is 0 Å². The van der Waals surface area contributed by atoms with E-state index in [0.717, 1.165) is 8.66 Å². The van der Waals surface area contributed by atoms with Gasteiger partial charge in [-0.15, -0.1) is 17.9 Å². The third kappa shape index (κ3) is 2.27. The first-order chi connectivity index (χ1) is 5.24. The molecule has 0 atom stereocenters.